The topological polar surface area (TPSA) is 60.0 Å². The summed E-state index contributed by atoms with van der Waals surface area (Å²) in [5.74, 6) is 2.19. The summed E-state index contributed by atoms with van der Waals surface area (Å²) < 4.78 is 16.6. The highest BCUT2D eigenvalue weighted by atomic mass is 16.5. The summed E-state index contributed by atoms with van der Waals surface area (Å²) in [6.07, 6.45) is 0.259. The molecule has 0 spiro atoms. The van der Waals surface area contributed by atoms with Crippen LogP contribution in [0.4, 0.5) is 0 Å². The van der Waals surface area contributed by atoms with Gasteiger partial charge in [0.25, 0.3) is 0 Å². The Bertz CT molecular complexity index is 922. The van der Waals surface area contributed by atoms with Gasteiger partial charge in [0.15, 0.2) is 11.5 Å². The van der Waals surface area contributed by atoms with Crippen molar-refractivity contribution in [2.75, 3.05) is 27.4 Å². The Morgan fingerprint density at radius 2 is 1.66 bits per heavy atom. The van der Waals surface area contributed by atoms with Crippen molar-refractivity contribution in [2.45, 2.75) is 25.5 Å². The van der Waals surface area contributed by atoms with Gasteiger partial charge in [-0.25, -0.2) is 0 Å². The van der Waals surface area contributed by atoms with Crippen LogP contribution in [0.1, 0.15) is 24.9 Å². The predicted octanol–water partition coefficient (Wildman–Crippen LogP) is 4.34. The van der Waals surface area contributed by atoms with Gasteiger partial charge in [-0.05, 0) is 35.6 Å². The number of aliphatic hydroxyl groups is 1. The number of methoxy groups -OCH3 is 2. The fraction of sp³-hybridized carbons (Fsp3) is 0.333. The zero-order valence-corrected chi connectivity index (χ0v) is 17.2. The number of hydrogen-bond donors (Lipinski definition) is 2. The first kappa shape index (κ1) is 21.0. The molecule has 0 bridgehead atoms. The van der Waals surface area contributed by atoms with Crippen molar-refractivity contribution in [3.63, 3.8) is 0 Å². The first-order chi connectivity index (χ1) is 14.2. The standard InChI is InChI=1S/C24H29NO4/c1-4-21(18-12-13-23(27-2)24(14-18)28-3)25-15-19(26)16-29-22-11-7-9-17-8-5-6-10-20(17)22/h5-14,19,21,25-26H,4,15-16H2,1-3H3. The van der Waals surface area contributed by atoms with Crippen LogP contribution in [0, 0.1) is 0 Å². The molecule has 0 saturated heterocycles. The smallest absolute Gasteiger partial charge is 0.161 e. The van der Waals surface area contributed by atoms with Gasteiger partial charge in [-0.15, -0.1) is 0 Å². The van der Waals surface area contributed by atoms with E-state index in [2.05, 4.69) is 24.4 Å². The van der Waals surface area contributed by atoms with Crippen molar-refractivity contribution in [1.29, 1.82) is 0 Å². The fourth-order valence-corrected chi connectivity index (χ4v) is 3.41. The molecule has 5 heteroatoms. The van der Waals surface area contributed by atoms with Crippen molar-refractivity contribution >= 4 is 10.8 Å². The first-order valence-electron chi connectivity index (χ1n) is 9.90. The van der Waals surface area contributed by atoms with Crippen LogP contribution in [-0.4, -0.2) is 38.6 Å². The van der Waals surface area contributed by atoms with Crippen LogP contribution in [0.15, 0.2) is 60.7 Å². The molecule has 0 heterocycles. The number of ether oxygens (including phenoxy) is 3. The van der Waals surface area contributed by atoms with E-state index in [-0.39, 0.29) is 12.6 Å². The largest absolute Gasteiger partial charge is 0.493 e. The molecule has 2 atom stereocenters. The van der Waals surface area contributed by atoms with Crippen molar-refractivity contribution in [2.24, 2.45) is 0 Å². The van der Waals surface area contributed by atoms with E-state index in [0.717, 1.165) is 28.5 Å². The van der Waals surface area contributed by atoms with Gasteiger partial charge in [0.2, 0.25) is 0 Å². The van der Waals surface area contributed by atoms with Crippen LogP contribution in [0.25, 0.3) is 10.8 Å². The average molecular weight is 395 g/mol. The number of fused-ring (bicyclic) bond motifs is 1. The molecule has 0 radical (unpaired) electrons. The predicted molar refractivity (Wildman–Crippen MR) is 116 cm³/mol. The molecule has 3 aromatic carbocycles. The lowest BCUT2D eigenvalue weighted by Crippen LogP contribution is -2.33. The molecule has 3 rings (SSSR count). The summed E-state index contributed by atoms with van der Waals surface area (Å²) in [5, 5.41) is 16.0. The first-order valence-corrected chi connectivity index (χ1v) is 9.90. The van der Waals surface area contributed by atoms with E-state index in [1.807, 2.05) is 48.5 Å². The molecule has 0 aliphatic carbocycles. The number of nitrogens with one attached hydrogen (secondary N) is 1. The third kappa shape index (κ3) is 5.19. The van der Waals surface area contributed by atoms with Crippen LogP contribution in [0.2, 0.25) is 0 Å². The van der Waals surface area contributed by atoms with Gasteiger partial charge in [0, 0.05) is 18.0 Å². The maximum absolute atomic E-state index is 10.4. The molecule has 2 N–H and O–H groups in total. The third-order valence-electron chi connectivity index (χ3n) is 5.00. The summed E-state index contributed by atoms with van der Waals surface area (Å²) in [4.78, 5) is 0. The van der Waals surface area contributed by atoms with Gasteiger partial charge in [-0.2, -0.15) is 0 Å². The Labute approximate surface area is 172 Å². The van der Waals surface area contributed by atoms with Gasteiger partial charge in [-0.3, -0.25) is 0 Å². The maximum Gasteiger partial charge on any atom is 0.161 e. The number of benzene rings is 3. The molecular formula is C24H29NO4. The molecule has 0 saturated carbocycles. The zero-order valence-electron chi connectivity index (χ0n) is 17.2. The Morgan fingerprint density at radius 3 is 2.41 bits per heavy atom. The summed E-state index contributed by atoms with van der Waals surface area (Å²) >= 11 is 0. The van der Waals surface area contributed by atoms with E-state index >= 15 is 0 Å². The van der Waals surface area contributed by atoms with Gasteiger partial charge in [0.1, 0.15) is 18.5 Å². The van der Waals surface area contributed by atoms with Crippen LogP contribution >= 0.6 is 0 Å². The summed E-state index contributed by atoms with van der Waals surface area (Å²) in [6, 6.07) is 20.0. The number of aliphatic hydroxyl groups excluding tert-OH is 1. The monoisotopic (exact) mass is 395 g/mol. The van der Waals surface area contributed by atoms with Crippen LogP contribution < -0.4 is 19.5 Å². The molecule has 0 aromatic heterocycles. The Hall–Kier alpha value is -2.76. The van der Waals surface area contributed by atoms with Gasteiger partial charge < -0.3 is 24.6 Å². The minimum atomic E-state index is -0.622. The van der Waals surface area contributed by atoms with E-state index in [1.54, 1.807) is 14.2 Å². The molecule has 5 nitrogen and oxygen atoms in total. The molecule has 29 heavy (non-hydrogen) atoms. The quantitative estimate of drug-likeness (QED) is 0.535. The minimum Gasteiger partial charge on any atom is -0.493 e. The molecule has 0 aliphatic rings. The molecule has 154 valence electrons. The van der Waals surface area contributed by atoms with E-state index in [1.165, 1.54) is 0 Å². The van der Waals surface area contributed by atoms with Crippen LogP contribution in [0.3, 0.4) is 0 Å². The second-order valence-corrected chi connectivity index (χ2v) is 6.93. The SMILES string of the molecule is CCC(NCC(O)COc1cccc2ccccc12)c1ccc(OC)c(OC)c1. The van der Waals surface area contributed by atoms with Gasteiger partial charge in [-0.1, -0.05) is 49.4 Å². The second kappa shape index (κ2) is 10.1. The van der Waals surface area contributed by atoms with Gasteiger partial charge >= 0.3 is 0 Å². The molecule has 3 aromatic rings. The lowest BCUT2D eigenvalue weighted by Gasteiger charge is -2.21. The third-order valence-corrected chi connectivity index (χ3v) is 5.00. The fourth-order valence-electron chi connectivity index (χ4n) is 3.41. The van der Waals surface area contributed by atoms with E-state index in [0.29, 0.717) is 18.0 Å². The second-order valence-electron chi connectivity index (χ2n) is 6.93. The van der Waals surface area contributed by atoms with E-state index < -0.39 is 6.10 Å². The molecular weight excluding hydrogens is 366 g/mol. The van der Waals surface area contributed by atoms with Crippen LogP contribution in [0.5, 0.6) is 17.2 Å². The molecule has 0 aliphatic heterocycles. The molecule has 0 fully saturated rings. The van der Waals surface area contributed by atoms with Crippen molar-refractivity contribution in [1.82, 2.24) is 5.32 Å². The molecule has 0 amide bonds. The highest BCUT2D eigenvalue weighted by Crippen LogP contribution is 2.31. The maximum atomic E-state index is 10.4. The summed E-state index contributed by atoms with van der Waals surface area (Å²) in [6.45, 7) is 2.76. The van der Waals surface area contributed by atoms with Crippen molar-refractivity contribution < 1.29 is 19.3 Å². The number of hydrogen-bond acceptors (Lipinski definition) is 5. The molecule has 2 unspecified atom stereocenters. The van der Waals surface area contributed by atoms with Gasteiger partial charge in [0.05, 0.1) is 14.2 Å². The number of rotatable bonds is 10. The summed E-state index contributed by atoms with van der Waals surface area (Å²) in [7, 11) is 3.25. The Balaban J connectivity index is 1.58. The highest BCUT2D eigenvalue weighted by Gasteiger charge is 2.15. The Kier molecular flexibility index (Phi) is 7.33. The lowest BCUT2D eigenvalue weighted by atomic mass is 10.0. The highest BCUT2D eigenvalue weighted by molar-refractivity contribution is 5.88. The Morgan fingerprint density at radius 1 is 0.897 bits per heavy atom. The van der Waals surface area contributed by atoms with Crippen LogP contribution in [-0.2, 0) is 0 Å². The van der Waals surface area contributed by atoms with Crippen molar-refractivity contribution in [3.8, 4) is 17.2 Å². The lowest BCUT2D eigenvalue weighted by molar-refractivity contribution is 0.104. The minimum absolute atomic E-state index is 0.0991. The zero-order chi connectivity index (χ0) is 20.6. The van der Waals surface area contributed by atoms with Crippen molar-refractivity contribution in [3.05, 3.63) is 66.2 Å². The normalized spacial score (nSPS) is 13.1. The van der Waals surface area contributed by atoms with E-state index in [9.17, 15) is 5.11 Å². The van der Waals surface area contributed by atoms with E-state index in [4.69, 9.17) is 14.2 Å². The average Bonchev–Trinajstić information content (AvgIpc) is 2.77. The summed E-state index contributed by atoms with van der Waals surface area (Å²) in [5.41, 5.74) is 1.09.